The van der Waals surface area contributed by atoms with E-state index in [1.54, 1.807) is 0 Å². The van der Waals surface area contributed by atoms with Gasteiger partial charge in [-0.25, -0.2) is 4.79 Å². The fraction of sp³-hybridized carbons (Fsp3) is 0.581. The van der Waals surface area contributed by atoms with Gasteiger partial charge in [0.05, 0.1) is 51.2 Å². The average molecular weight is 642 g/mol. The van der Waals surface area contributed by atoms with Crippen LogP contribution in [0.3, 0.4) is 0 Å². The number of alkyl carbamates (subject to hydrolysis) is 1. The summed E-state index contributed by atoms with van der Waals surface area (Å²) in [4.78, 5) is 29.3. The molecule has 0 aliphatic heterocycles. The average Bonchev–Trinajstić information content (AvgIpc) is 3.42. The van der Waals surface area contributed by atoms with Crippen molar-refractivity contribution in [2.24, 2.45) is 11.5 Å². The molecule has 4 rings (SSSR count). The number of rotatable bonds is 17. The second-order valence-electron chi connectivity index (χ2n) is 12.0. The van der Waals surface area contributed by atoms with Crippen molar-refractivity contribution >= 4 is 40.4 Å². The third-order valence-electron chi connectivity index (χ3n) is 7.25. The molecular weight excluding hydrogens is 594 g/mol. The van der Waals surface area contributed by atoms with Crippen LogP contribution in [-0.4, -0.2) is 95.6 Å². The van der Waals surface area contributed by atoms with Crippen molar-refractivity contribution < 1.29 is 28.5 Å². The number of fused-ring (bicyclic) bond motifs is 1. The van der Waals surface area contributed by atoms with Gasteiger partial charge in [0.1, 0.15) is 5.60 Å². The van der Waals surface area contributed by atoms with E-state index in [9.17, 15) is 9.59 Å². The van der Waals surface area contributed by atoms with Crippen LogP contribution in [-0.2, 0) is 25.5 Å². The SMILES string of the molecule is CC(C)(C)OC(=O)N[C@H]1CCCCC1Nc1nnc(C(N)=O)c(Nc2cccc3c2ccn3CCOCCOCCOCCN)n1. The molecule has 252 valence electrons. The molecule has 15 heteroatoms. The summed E-state index contributed by atoms with van der Waals surface area (Å²) in [6, 6.07) is 7.44. The number of amides is 2. The number of anilines is 3. The number of nitrogens with zero attached hydrogens (tertiary/aromatic N) is 4. The molecule has 1 aliphatic rings. The van der Waals surface area contributed by atoms with Crippen LogP contribution in [0.1, 0.15) is 56.9 Å². The standard InChI is InChI=1S/C31H47N9O6/c1-31(2,3)46-30(42)36-24-8-5-4-7-23(24)35-29-37-28(26(27(33)41)38-39-29)34-22-9-6-10-25-21(22)11-13-40(25)14-16-44-18-20-45-19-17-43-15-12-32/h6,9-11,13,23-24H,4-5,7-8,12,14-20,32H2,1-3H3,(H2,33,41)(H,36,42)(H2,34,35,37,39)/t23?,24-/m0/s1. The molecule has 15 nitrogen and oxygen atoms in total. The van der Waals surface area contributed by atoms with E-state index in [2.05, 4.69) is 35.7 Å². The van der Waals surface area contributed by atoms with Crippen LogP contribution in [0, 0.1) is 0 Å². The molecule has 1 unspecified atom stereocenters. The topological polar surface area (TPSA) is 203 Å². The third kappa shape index (κ3) is 10.5. The minimum atomic E-state index is -0.759. The predicted molar refractivity (Wildman–Crippen MR) is 174 cm³/mol. The highest BCUT2D eigenvalue weighted by molar-refractivity contribution is 5.99. The van der Waals surface area contributed by atoms with E-state index in [1.807, 2.05) is 51.2 Å². The van der Waals surface area contributed by atoms with Gasteiger partial charge in [0.25, 0.3) is 5.91 Å². The highest BCUT2D eigenvalue weighted by Crippen LogP contribution is 2.29. The molecule has 3 aromatic rings. The minimum Gasteiger partial charge on any atom is -0.444 e. The Bertz CT molecular complexity index is 1430. The van der Waals surface area contributed by atoms with E-state index in [-0.39, 0.29) is 29.5 Å². The molecule has 2 heterocycles. The lowest BCUT2D eigenvalue weighted by Crippen LogP contribution is -2.50. The third-order valence-corrected chi connectivity index (χ3v) is 7.25. The number of hydrogen-bond donors (Lipinski definition) is 5. The zero-order chi connectivity index (χ0) is 32.9. The number of ether oxygens (including phenoxy) is 4. The molecule has 2 aromatic heterocycles. The number of primary amides is 1. The Morgan fingerprint density at radius 2 is 1.65 bits per heavy atom. The largest absolute Gasteiger partial charge is 0.444 e. The summed E-state index contributed by atoms with van der Waals surface area (Å²) in [6.45, 7) is 9.63. The van der Waals surface area contributed by atoms with E-state index >= 15 is 0 Å². The number of carbonyl (C=O) groups is 2. The molecule has 1 fully saturated rings. The first-order valence-corrected chi connectivity index (χ1v) is 15.7. The molecule has 46 heavy (non-hydrogen) atoms. The van der Waals surface area contributed by atoms with Crippen LogP contribution < -0.4 is 27.4 Å². The molecule has 2 atom stereocenters. The summed E-state index contributed by atoms with van der Waals surface area (Å²) < 4.78 is 24.1. The lowest BCUT2D eigenvalue weighted by Gasteiger charge is -2.33. The zero-order valence-electron chi connectivity index (χ0n) is 26.9. The highest BCUT2D eigenvalue weighted by atomic mass is 16.6. The Hall–Kier alpha value is -4.05. The van der Waals surface area contributed by atoms with Gasteiger partial charge in [0, 0.05) is 36.4 Å². The molecule has 0 radical (unpaired) electrons. The summed E-state index contributed by atoms with van der Waals surface area (Å²) in [5, 5.41) is 18.6. The summed E-state index contributed by atoms with van der Waals surface area (Å²) in [5.74, 6) is -0.371. The first-order valence-electron chi connectivity index (χ1n) is 15.7. The Labute approximate surface area is 269 Å². The van der Waals surface area contributed by atoms with Crippen molar-refractivity contribution in [2.45, 2.75) is 70.7 Å². The van der Waals surface area contributed by atoms with E-state index in [0.717, 1.165) is 42.3 Å². The molecule has 1 aromatic carbocycles. The van der Waals surface area contributed by atoms with E-state index in [1.165, 1.54) is 0 Å². The smallest absolute Gasteiger partial charge is 0.407 e. The van der Waals surface area contributed by atoms with Crippen molar-refractivity contribution in [3.8, 4) is 0 Å². The van der Waals surface area contributed by atoms with Gasteiger partial charge >= 0.3 is 6.09 Å². The monoisotopic (exact) mass is 641 g/mol. The van der Waals surface area contributed by atoms with Crippen LogP contribution in [0.4, 0.5) is 22.2 Å². The van der Waals surface area contributed by atoms with Crippen LogP contribution in [0.25, 0.3) is 10.9 Å². The van der Waals surface area contributed by atoms with Gasteiger partial charge < -0.3 is 50.9 Å². The van der Waals surface area contributed by atoms with Crippen LogP contribution in [0.5, 0.6) is 0 Å². The summed E-state index contributed by atoms with van der Waals surface area (Å²) in [7, 11) is 0. The van der Waals surface area contributed by atoms with Gasteiger partial charge in [-0.05, 0) is 51.8 Å². The second kappa shape index (κ2) is 17.0. The van der Waals surface area contributed by atoms with E-state index in [4.69, 9.17) is 30.4 Å². The minimum absolute atomic E-state index is 0.0874. The van der Waals surface area contributed by atoms with Crippen molar-refractivity contribution in [1.82, 2.24) is 25.1 Å². The molecular formula is C31H47N9O6. The lowest BCUT2D eigenvalue weighted by molar-refractivity contribution is 0.0147. The summed E-state index contributed by atoms with van der Waals surface area (Å²) >= 11 is 0. The van der Waals surface area contributed by atoms with Gasteiger partial charge in [0.15, 0.2) is 11.5 Å². The second-order valence-corrected chi connectivity index (χ2v) is 12.0. The normalized spacial score (nSPS) is 16.7. The van der Waals surface area contributed by atoms with Crippen LogP contribution >= 0.6 is 0 Å². The predicted octanol–water partition coefficient (Wildman–Crippen LogP) is 2.93. The Morgan fingerprint density at radius 3 is 2.35 bits per heavy atom. The quantitative estimate of drug-likeness (QED) is 0.135. The Morgan fingerprint density at radius 1 is 0.957 bits per heavy atom. The number of aromatic nitrogens is 4. The number of carbonyl (C=O) groups excluding carboxylic acids is 2. The fourth-order valence-corrected chi connectivity index (χ4v) is 5.18. The van der Waals surface area contributed by atoms with Crippen LogP contribution in [0.15, 0.2) is 30.5 Å². The number of nitrogens with two attached hydrogens (primary N) is 2. The van der Waals surface area contributed by atoms with Gasteiger partial charge in [0.2, 0.25) is 5.95 Å². The molecule has 1 aliphatic carbocycles. The lowest BCUT2D eigenvalue weighted by atomic mass is 9.90. The van der Waals surface area contributed by atoms with Gasteiger partial charge in [-0.1, -0.05) is 18.9 Å². The van der Waals surface area contributed by atoms with E-state index in [0.29, 0.717) is 52.7 Å². The van der Waals surface area contributed by atoms with Crippen molar-refractivity contribution in [3.63, 3.8) is 0 Å². The molecule has 7 N–H and O–H groups in total. The van der Waals surface area contributed by atoms with Crippen molar-refractivity contribution in [2.75, 3.05) is 56.8 Å². The molecule has 2 amide bonds. The van der Waals surface area contributed by atoms with Crippen molar-refractivity contribution in [1.29, 1.82) is 0 Å². The summed E-state index contributed by atoms with van der Waals surface area (Å²) in [6.07, 6.45) is 5.02. The van der Waals surface area contributed by atoms with Crippen molar-refractivity contribution in [3.05, 3.63) is 36.2 Å². The molecule has 1 saturated carbocycles. The molecule has 0 saturated heterocycles. The first kappa shape index (κ1) is 34.8. The molecule has 0 spiro atoms. The maximum atomic E-state index is 12.5. The zero-order valence-corrected chi connectivity index (χ0v) is 26.9. The Balaban J connectivity index is 1.39. The van der Waals surface area contributed by atoms with Crippen LogP contribution in [0.2, 0.25) is 0 Å². The highest BCUT2D eigenvalue weighted by Gasteiger charge is 2.29. The van der Waals surface area contributed by atoms with E-state index < -0.39 is 17.6 Å². The Kier molecular flexibility index (Phi) is 12.9. The maximum absolute atomic E-state index is 12.5. The number of nitrogens with one attached hydrogen (secondary N) is 3. The number of benzene rings is 1. The maximum Gasteiger partial charge on any atom is 0.407 e. The summed E-state index contributed by atoms with van der Waals surface area (Å²) in [5.41, 5.74) is 12.0. The number of hydrogen-bond acceptors (Lipinski definition) is 12. The van der Waals surface area contributed by atoms with Gasteiger partial charge in [-0.15, -0.1) is 10.2 Å². The van der Waals surface area contributed by atoms with Gasteiger partial charge in [-0.3, -0.25) is 4.79 Å². The molecule has 0 bridgehead atoms. The van der Waals surface area contributed by atoms with Gasteiger partial charge in [-0.2, -0.15) is 4.98 Å². The fourth-order valence-electron chi connectivity index (χ4n) is 5.18. The first-order chi connectivity index (χ1) is 22.1.